The molecule has 2 rings (SSSR count). The first-order valence-electron chi connectivity index (χ1n) is 6.85. The molecule has 0 aliphatic carbocycles. The van der Waals surface area contributed by atoms with Crippen LogP contribution in [0.5, 0.6) is 0 Å². The highest BCUT2D eigenvalue weighted by atomic mass is 35.5. The third-order valence-electron chi connectivity index (χ3n) is 3.02. The first-order chi connectivity index (χ1) is 11.4. The Morgan fingerprint density at radius 3 is 2.50 bits per heavy atom. The van der Waals surface area contributed by atoms with E-state index in [1.807, 2.05) is 0 Å². The van der Waals surface area contributed by atoms with E-state index in [0.29, 0.717) is 21.8 Å². The zero-order valence-corrected chi connectivity index (χ0v) is 13.7. The van der Waals surface area contributed by atoms with Crippen LogP contribution < -0.4 is 10.6 Å². The number of amides is 2. The van der Waals surface area contributed by atoms with Crippen LogP contribution in [-0.4, -0.2) is 18.4 Å². The highest BCUT2D eigenvalue weighted by Gasteiger charge is 2.13. The Morgan fingerprint density at radius 1 is 1.04 bits per heavy atom. The van der Waals surface area contributed by atoms with Crippen molar-refractivity contribution in [3.05, 3.63) is 63.6 Å². The minimum absolute atomic E-state index is 0.0281. The van der Waals surface area contributed by atoms with Gasteiger partial charge < -0.3 is 10.6 Å². The molecule has 0 bridgehead atoms. The molecule has 0 unspecified atom stereocenters. The van der Waals surface area contributed by atoms with Crippen LogP contribution in [0.2, 0.25) is 10.0 Å². The van der Waals surface area contributed by atoms with Crippen LogP contribution >= 0.6 is 23.2 Å². The van der Waals surface area contributed by atoms with Crippen LogP contribution in [0.15, 0.2) is 36.4 Å². The predicted octanol–water partition coefficient (Wildman–Crippen LogP) is 4.03. The highest BCUT2D eigenvalue weighted by molar-refractivity contribution is 6.35. The number of benzene rings is 2. The lowest BCUT2D eigenvalue weighted by atomic mass is 10.2. The maximum Gasteiger partial charge on any atom is 0.254 e. The monoisotopic (exact) mass is 372 g/mol. The van der Waals surface area contributed by atoms with Gasteiger partial charge in [0.05, 0.1) is 16.3 Å². The van der Waals surface area contributed by atoms with Gasteiger partial charge in [0.1, 0.15) is 11.6 Å². The van der Waals surface area contributed by atoms with Gasteiger partial charge in [0.2, 0.25) is 5.91 Å². The molecule has 4 nitrogen and oxygen atoms in total. The van der Waals surface area contributed by atoms with Crippen molar-refractivity contribution in [2.24, 2.45) is 0 Å². The predicted molar refractivity (Wildman–Crippen MR) is 88.4 cm³/mol. The largest absolute Gasteiger partial charge is 0.351 e. The van der Waals surface area contributed by atoms with E-state index in [1.165, 1.54) is 6.07 Å². The number of rotatable bonds is 5. The van der Waals surface area contributed by atoms with Crippen molar-refractivity contribution in [3.63, 3.8) is 0 Å². The van der Waals surface area contributed by atoms with E-state index in [2.05, 4.69) is 10.6 Å². The Bertz CT molecular complexity index is 785. The summed E-state index contributed by atoms with van der Waals surface area (Å²) in [7, 11) is 0. The van der Waals surface area contributed by atoms with E-state index in [9.17, 15) is 18.4 Å². The van der Waals surface area contributed by atoms with E-state index in [0.717, 1.165) is 12.1 Å². The summed E-state index contributed by atoms with van der Waals surface area (Å²) in [6.07, 6.45) is -0.0581. The normalized spacial score (nSPS) is 10.3. The number of carbonyl (C=O) groups is 2. The summed E-state index contributed by atoms with van der Waals surface area (Å²) in [5.41, 5.74) is 0.0553. The molecular weight excluding hydrogens is 361 g/mol. The van der Waals surface area contributed by atoms with Crippen molar-refractivity contribution in [2.75, 3.05) is 11.9 Å². The van der Waals surface area contributed by atoms with Gasteiger partial charge in [-0.05, 0) is 30.3 Å². The summed E-state index contributed by atoms with van der Waals surface area (Å²) in [4.78, 5) is 23.6. The maximum absolute atomic E-state index is 13.4. The van der Waals surface area contributed by atoms with Crippen molar-refractivity contribution in [1.29, 1.82) is 0 Å². The first-order valence-corrected chi connectivity index (χ1v) is 7.60. The van der Waals surface area contributed by atoms with Crippen LogP contribution in [0.3, 0.4) is 0 Å². The van der Waals surface area contributed by atoms with Gasteiger partial charge >= 0.3 is 0 Å². The number of anilines is 1. The molecule has 2 N–H and O–H groups in total. The number of hydrogen-bond donors (Lipinski definition) is 2. The molecule has 8 heteroatoms. The van der Waals surface area contributed by atoms with E-state index >= 15 is 0 Å². The molecule has 0 spiro atoms. The topological polar surface area (TPSA) is 58.2 Å². The first kappa shape index (κ1) is 18.2. The van der Waals surface area contributed by atoms with Gasteiger partial charge in [0.15, 0.2) is 0 Å². The summed E-state index contributed by atoms with van der Waals surface area (Å²) in [5, 5.41) is 5.67. The zero-order chi connectivity index (χ0) is 17.7. The molecule has 0 aromatic heterocycles. The van der Waals surface area contributed by atoms with Gasteiger partial charge in [-0.3, -0.25) is 9.59 Å². The minimum atomic E-state index is -0.970. The Balaban J connectivity index is 1.86. The average Bonchev–Trinajstić information content (AvgIpc) is 2.50. The van der Waals surface area contributed by atoms with Crippen molar-refractivity contribution in [2.45, 2.75) is 6.42 Å². The molecule has 0 heterocycles. The molecule has 2 amide bonds. The highest BCUT2D eigenvalue weighted by Crippen LogP contribution is 2.25. The molecule has 0 aliphatic rings. The Kier molecular flexibility index (Phi) is 6.11. The lowest BCUT2D eigenvalue weighted by Gasteiger charge is -2.09. The molecule has 0 saturated carbocycles. The van der Waals surface area contributed by atoms with E-state index in [-0.39, 0.29) is 18.5 Å². The molecule has 0 atom stereocenters. The van der Waals surface area contributed by atoms with Crippen molar-refractivity contribution in [3.8, 4) is 0 Å². The molecule has 0 saturated heterocycles. The summed E-state index contributed by atoms with van der Waals surface area (Å²) >= 11 is 11.7. The van der Waals surface area contributed by atoms with Crippen LogP contribution in [0, 0.1) is 11.6 Å². The molecule has 2 aromatic carbocycles. The van der Waals surface area contributed by atoms with Crippen molar-refractivity contribution in [1.82, 2.24) is 5.32 Å². The second-order valence-corrected chi connectivity index (χ2v) is 5.65. The molecule has 24 heavy (non-hydrogen) atoms. The van der Waals surface area contributed by atoms with E-state index in [4.69, 9.17) is 23.2 Å². The van der Waals surface area contributed by atoms with Crippen LogP contribution in [0.25, 0.3) is 0 Å². The zero-order valence-electron chi connectivity index (χ0n) is 12.2. The minimum Gasteiger partial charge on any atom is -0.351 e. The van der Waals surface area contributed by atoms with Gasteiger partial charge in [0.25, 0.3) is 5.91 Å². The van der Waals surface area contributed by atoms with Gasteiger partial charge in [-0.15, -0.1) is 0 Å². The molecule has 2 aromatic rings. The smallest absolute Gasteiger partial charge is 0.254 e. The van der Waals surface area contributed by atoms with Gasteiger partial charge in [-0.2, -0.15) is 0 Å². The van der Waals surface area contributed by atoms with Crippen LogP contribution in [0.4, 0.5) is 14.5 Å². The average molecular weight is 373 g/mol. The van der Waals surface area contributed by atoms with Gasteiger partial charge in [-0.25, -0.2) is 8.78 Å². The third kappa shape index (κ3) is 4.91. The standard InChI is InChI=1S/C16H12Cl2F2N2O2/c17-9-1-4-12(18)14(7-9)22-15(23)5-6-21-16(24)11-3-2-10(19)8-13(11)20/h1-4,7-8H,5-6H2,(H,21,24)(H,22,23). The number of hydrogen-bond acceptors (Lipinski definition) is 2. The Morgan fingerprint density at radius 2 is 1.79 bits per heavy atom. The fourth-order valence-corrected chi connectivity index (χ4v) is 2.20. The van der Waals surface area contributed by atoms with Crippen LogP contribution in [-0.2, 0) is 4.79 Å². The third-order valence-corrected chi connectivity index (χ3v) is 3.58. The van der Waals surface area contributed by atoms with Crippen LogP contribution in [0.1, 0.15) is 16.8 Å². The second-order valence-electron chi connectivity index (χ2n) is 4.80. The second kappa shape index (κ2) is 8.08. The van der Waals surface area contributed by atoms with E-state index in [1.54, 1.807) is 12.1 Å². The molecule has 0 radical (unpaired) electrons. The quantitative estimate of drug-likeness (QED) is 0.832. The molecule has 0 aliphatic heterocycles. The Hall–Kier alpha value is -2.18. The molecule has 126 valence electrons. The Labute approximate surface area is 146 Å². The van der Waals surface area contributed by atoms with Crippen molar-refractivity contribution >= 4 is 40.7 Å². The number of halogens is 4. The summed E-state index contributed by atoms with van der Waals surface area (Å²) < 4.78 is 26.2. The van der Waals surface area contributed by atoms with E-state index < -0.39 is 23.4 Å². The summed E-state index contributed by atoms with van der Waals surface area (Å²) in [5.74, 6) is -2.88. The number of carbonyl (C=O) groups excluding carboxylic acids is 2. The number of nitrogens with one attached hydrogen (secondary N) is 2. The van der Waals surface area contributed by atoms with Crippen molar-refractivity contribution < 1.29 is 18.4 Å². The summed E-state index contributed by atoms with van der Waals surface area (Å²) in [6, 6.07) is 7.24. The fraction of sp³-hybridized carbons (Fsp3) is 0.125. The molecule has 0 fully saturated rings. The SMILES string of the molecule is O=C(CCNC(=O)c1ccc(F)cc1F)Nc1cc(Cl)ccc1Cl. The fourth-order valence-electron chi connectivity index (χ4n) is 1.86. The lowest BCUT2D eigenvalue weighted by molar-refractivity contribution is -0.116. The van der Waals surface area contributed by atoms with Gasteiger partial charge in [-0.1, -0.05) is 23.2 Å². The van der Waals surface area contributed by atoms with Gasteiger partial charge in [0, 0.05) is 24.1 Å². The summed E-state index contributed by atoms with van der Waals surface area (Å²) in [6.45, 7) is -0.0281. The molecular formula is C16H12Cl2F2N2O2. The lowest BCUT2D eigenvalue weighted by Crippen LogP contribution is -2.28. The maximum atomic E-state index is 13.4.